The summed E-state index contributed by atoms with van der Waals surface area (Å²) in [4.78, 5) is 28.3. The number of phenols is 1. The molecule has 0 spiro atoms. The van der Waals surface area contributed by atoms with Crippen LogP contribution >= 0.6 is 11.6 Å². The lowest BCUT2D eigenvalue weighted by Crippen LogP contribution is -2.47. The molecule has 70 heavy (non-hydrogen) atoms. The molecule has 9 rings (SSSR count). The Kier molecular flexibility index (Phi) is 14.9. The second-order valence-corrected chi connectivity index (χ2v) is 16.8. The second kappa shape index (κ2) is 22.5. The second-order valence-electron chi connectivity index (χ2n) is 16.4. The molecule has 0 aliphatic heterocycles. The molecule has 0 amide bonds. The van der Waals surface area contributed by atoms with Crippen LogP contribution < -0.4 is 37.2 Å². The number of hydrogen-bond acceptors (Lipinski definition) is 14. The molecule has 0 saturated carbocycles. The fourth-order valence-corrected chi connectivity index (χ4v) is 8.21. The molecular weight excluding hydrogens is 894 g/mol. The summed E-state index contributed by atoms with van der Waals surface area (Å²) in [5.41, 5.74) is 8.00. The topological polar surface area (TPSA) is 182 Å². The molecule has 0 fully saturated rings. The molecule has 1 unspecified atom stereocenters. The van der Waals surface area contributed by atoms with Crippen molar-refractivity contribution in [1.82, 2.24) is 35.2 Å². The first kappa shape index (κ1) is 46.5. The maximum absolute atomic E-state index is 9.66. The van der Waals surface area contributed by atoms with Gasteiger partial charge >= 0.3 is 0 Å². The zero-order chi connectivity index (χ0) is 48.0. The number of aromatic hydroxyl groups is 1. The molecule has 0 aliphatic rings. The summed E-state index contributed by atoms with van der Waals surface area (Å²) in [6.45, 7) is 3.49. The zero-order valence-electron chi connectivity index (χ0n) is 38.4. The number of benzene rings is 7. The normalized spacial score (nSPS) is 11.8. The van der Waals surface area contributed by atoms with Gasteiger partial charge in [-0.25, -0.2) is 0 Å². The minimum Gasteiger partial charge on any atom is -0.508 e. The fourth-order valence-electron chi connectivity index (χ4n) is 7.93. The van der Waals surface area contributed by atoms with Gasteiger partial charge in [-0.1, -0.05) is 151 Å². The lowest BCUT2D eigenvalue weighted by atomic mass is 9.77. The Labute approximate surface area is 412 Å². The molecule has 350 valence electrons. The molecule has 15 heteroatoms. The summed E-state index contributed by atoms with van der Waals surface area (Å²) in [6, 6.07) is 61.6. The number of phenolic OH excluding ortho intramolecular Hbond substituents is 1. The van der Waals surface area contributed by atoms with E-state index in [4.69, 9.17) is 26.6 Å². The molecule has 14 nitrogen and oxygen atoms in total. The van der Waals surface area contributed by atoms with E-state index in [9.17, 15) is 5.11 Å². The fraction of sp³-hybridized carbons (Fsp3) is 0.127. The van der Waals surface area contributed by atoms with Crippen LogP contribution in [0.5, 0.6) is 5.75 Å². The number of halogens is 1. The standard InChI is InChI=1S/C55H52ClN13O/c1-38-21-27-42(28-22-38)55(41-13-5-2-6-14-41,47-19-11-12-20-48(47)56)60-37-59-51-64-49(65-52(68-51)61-43-15-7-3-8-16-43)57-35-33-39-23-29-45(30-24-39)63-54-67-50(58-36-34-40-25-31-46(70)32-26-40)66-53(69-54)62-44-17-9-4-10-18-44/h2-32,60,70H,33-37H2,1H3,(H3,57,59,61,64,65,68)(H3,58,62,63,66,67,69). The Balaban J connectivity index is 0.887. The van der Waals surface area contributed by atoms with Crippen molar-refractivity contribution < 1.29 is 5.11 Å². The Bertz CT molecular complexity index is 3080. The van der Waals surface area contributed by atoms with Crippen molar-refractivity contribution in [3.63, 3.8) is 0 Å². The Morgan fingerprint density at radius 2 is 0.843 bits per heavy atom. The monoisotopic (exact) mass is 945 g/mol. The number of aryl methyl sites for hydroxylation is 1. The van der Waals surface area contributed by atoms with Crippen LogP contribution in [0.2, 0.25) is 5.02 Å². The minimum absolute atomic E-state index is 0.236. The largest absolute Gasteiger partial charge is 0.508 e. The number of hydrogen-bond donors (Lipinski definition) is 8. The van der Waals surface area contributed by atoms with Gasteiger partial charge in [0.1, 0.15) is 5.75 Å². The van der Waals surface area contributed by atoms with Crippen LogP contribution in [-0.2, 0) is 18.4 Å². The predicted molar refractivity (Wildman–Crippen MR) is 282 cm³/mol. The van der Waals surface area contributed by atoms with Crippen molar-refractivity contribution >= 4 is 64.4 Å². The Morgan fingerprint density at radius 3 is 1.37 bits per heavy atom. The summed E-state index contributed by atoms with van der Waals surface area (Å²) in [7, 11) is 0. The highest BCUT2D eigenvalue weighted by Gasteiger charge is 2.37. The molecule has 2 heterocycles. The lowest BCUT2D eigenvalue weighted by molar-refractivity contribution is 0.475. The van der Waals surface area contributed by atoms with E-state index in [-0.39, 0.29) is 12.4 Å². The van der Waals surface area contributed by atoms with E-state index in [1.807, 2.05) is 121 Å². The van der Waals surface area contributed by atoms with E-state index >= 15 is 0 Å². The number of aromatic nitrogens is 6. The van der Waals surface area contributed by atoms with Crippen LogP contribution in [0.3, 0.4) is 0 Å². The van der Waals surface area contributed by atoms with E-state index in [1.165, 1.54) is 0 Å². The van der Waals surface area contributed by atoms with Crippen LogP contribution in [0.15, 0.2) is 188 Å². The maximum Gasteiger partial charge on any atom is 0.233 e. The van der Waals surface area contributed by atoms with Crippen molar-refractivity contribution in [2.75, 3.05) is 51.7 Å². The lowest BCUT2D eigenvalue weighted by Gasteiger charge is -2.37. The molecule has 0 saturated heterocycles. The first-order chi connectivity index (χ1) is 34.3. The predicted octanol–water partition coefficient (Wildman–Crippen LogP) is 11.2. The van der Waals surface area contributed by atoms with Gasteiger partial charge < -0.3 is 37.0 Å². The van der Waals surface area contributed by atoms with Gasteiger partial charge in [-0.3, -0.25) is 5.32 Å². The summed E-state index contributed by atoms with van der Waals surface area (Å²) in [6.07, 6.45) is 1.41. The van der Waals surface area contributed by atoms with E-state index in [0.717, 1.165) is 56.9 Å². The highest BCUT2D eigenvalue weighted by Crippen LogP contribution is 2.40. The highest BCUT2D eigenvalue weighted by atomic mass is 35.5. The molecule has 0 bridgehead atoms. The van der Waals surface area contributed by atoms with Crippen molar-refractivity contribution in [2.24, 2.45) is 0 Å². The third-order valence-electron chi connectivity index (χ3n) is 11.4. The third kappa shape index (κ3) is 12.1. The third-order valence-corrected chi connectivity index (χ3v) is 11.8. The summed E-state index contributed by atoms with van der Waals surface area (Å²) >= 11 is 7.02. The van der Waals surface area contributed by atoms with E-state index < -0.39 is 5.54 Å². The minimum atomic E-state index is -0.825. The zero-order valence-corrected chi connectivity index (χ0v) is 39.2. The van der Waals surface area contributed by atoms with Crippen LogP contribution in [0.25, 0.3) is 0 Å². The number of anilines is 9. The molecule has 9 aromatic rings. The number of nitrogens with zero attached hydrogens (tertiary/aromatic N) is 6. The average molecular weight is 947 g/mol. The van der Waals surface area contributed by atoms with Crippen LogP contribution in [0.1, 0.15) is 33.4 Å². The summed E-state index contributed by atoms with van der Waals surface area (Å²) in [5, 5.41) is 34.3. The van der Waals surface area contributed by atoms with Gasteiger partial charge in [0.05, 0.1) is 12.2 Å². The van der Waals surface area contributed by atoms with Gasteiger partial charge in [-0.05, 0) is 102 Å². The molecule has 8 N–H and O–H groups in total. The van der Waals surface area contributed by atoms with E-state index in [0.29, 0.717) is 60.2 Å². The molecular formula is C55H52ClN13O. The molecule has 7 aromatic carbocycles. The average Bonchev–Trinajstić information content (AvgIpc) is 3.38. The van der Waals surface area contributed by atoms with Gasteiger partial charge in [0, 0.05) is 35.2 Å². The van der Waals surface area contributed by atoms with Crippen molar-refractivity contribution in [1.29, 1.82) is 0 Å². The van der Waals surface area contributed by atoms with Gasteiger partial charge in [-0.15, -0.1) is 0 Å². The van der Waals surface area contributed by atoms with Gasteiger partial charge in [0.25, 0.3) is 0 Å². The van der Waals surface area contributed by atoms with Crippen molar-refractivity contribution in [3.8, 4) is 5.75 Å². The Morgan fingerprint density at radius 1 is 0.429 bits per heavy atom. The Hall–Kier alpha value is -8.59. The number of rotatable bonds is 21. The van der Waals surface area contributed by atoms with Crippen LogP contribution in [0.4, 0.5) is 52.8 Å². The number of para-hydroxylation sites is 2. The smallest absolute Gasteiger partial charge is 0.233 e. The molecule has 0 aliphatic carbocycles. The molecule has 2 aromatic heterocycles. The highest BCUT2D eigenvalue weighted by molar-refractivity contribution is 6.31. The van der Waals surface area contributed by atoms with Crippen LogP contribution in [-0.4, -0.2) is 54.8 Å². The first-order valence-corrected chi connectivity index (χ1v) is 23.4. The molecule has 0 radical (unpaired) electrons. The summed E-state index contributed by atoms with van der Waals surface area (Å²) in [5.74, 6) is 2.61. The van der Waals surface area contributed by atoms with E-state index in [1.54, 1.807) is 12.1 Å². The quantitative estimate of drug-likeness (QED) is 0.0252. The maximum atomic E-state index is 9.66. The van der Waals surface area contributed by atoms with Gasteiger partial charge in [-0.2, -0.15) is 29.9 Å². The molecule has 1 atom stereocenters. The number of nitrogens with one attached hydrogen (secondary N) is 7. The van der Waals surface area contributed by atoms with Gasteiger partial charge in [0.2, 0.25) is 35.7 Å². The summed E-state index contributed by atoms with van der Waals surface area (Å²) < 4.78 is 0. The van der Waals surface area contributed by atoms with Crippen molar-refractivity contribution in [2.45, 2.75) is 25.3 Å². The van der Waals surface area contributed by atoms with E-state index in [2.05, 4.69) is 114 Å². The van der Waals surface area contributed by atoms with Gasteiger partial charge in [0.15, 0.2) is 0 Å². The van der Waals surface area contributed by atoms with Crippen molar-refractivity contribution in [3.05, 3.63) is 226 Å². The first-order valence-electron chi connectivity index (χ1n) is 23.0. The van der Waals surface area contributed by atoms with Crippen LogP contribution in [0, 0.1) is 6.92 Å². The SMILES string of the molecule is Cc1ccc(C(NCNc2nc(NCCc3ccc(Nc4nc(NCCc5ccc(O)cc5)nc(Nc5ccccc5)n4)cc3)nc(Nc3ccccc3)n2)(c2ccccc2)c2ccccc2Cl)cc1.